The van der Waals surface area contributed by atoms with E-state index >= 15 is 0 Å². The fourth-order valence-corrected chi connectivity index (χ4v) is 2.88. The van der Waals surface area contributed by atoms with Crippen molar-refractivity contribution in [3.05, 3.63) is 41.7 Å². The molecule has 1 aromatic heterocycles. The summed E-state index contributed by atoms with van der Waals surface area (Å²) in [6.07, 6.45) is 2.10. The highest BCUT2D eigenvalue weighted by Gasteiger charge is 2.33. The molecule has 0 radical (unpaired) electrons. The third-order valence-electron chi connectivity index (χ3n) is 4.07. The predicted octanol–water partition coefficient (Wildman–Crippen LogP) is 2.98. The van der Waals surface area contributed by atoms with Gasteiger partial charge in [-0.3, -0.25) is 4.79 Å². The third kappa shape index (κ3) is 3.90. The molecule has 2 rings (SSSR count). The van der Waals surface area contributed by atoms with Gasteiger partial charge < -0.3 is 5.11 Å². The Morgan fingerprint density at radius 3 is 2.59 bits per heavy atom. The molecule has 0 saturated heterocycles. The molecule has 22 heavy (non-hydrogen) atoms. The van der Waals surface area contributed by atoms with Gasteiger partial charge in [0.1, 0.15) is 0 Å². The minimum absolute atomic E-state index is 0.225. The number of nitrogens with one attached hydrogen (secondary N) is 1. The fraction of sp³-hybridized carbons (Fsp3) is 0.500. The zero-order valence-electron chi connectivity index (χ0n) is 12.9. The van der Waals surface area contributed by atoms with Crippen LogP contribution in [-0.2, 0) is 4.79 Å². The van der Waals surface area contributed by atoms with Crippen LogP contribution in [-0.4, -0.2) is 31.7 Å². The summed E-state index contributed by atoms with van der Waals surface area (Å²) >= 11 is 0. The molecule has 0 unspecified atom stereocenters. The van der Waals surface area contributed by atoms with Crippen LogP contribution in [0, 0.1) is 5.92 Å². The van der Waals surface area contributed by atoms with Crippen LogP contribution < -0.4 is 0 Å². The van der Waals surface area contributed by atoms with Crippen LogP contribution in [0.25, 0.3) is 0 Å². The average molecular weight is 302 g/mol. The van der Waals surface area contributed by atoms with Gasteiger partial charge in [0.25, 0.3) is 0 Å². The van der Waals surface area contributed by atoms with Gasteiger partial charge in [-0.2, -0.15) is 5.21 Å². The van der Waals surface area contributed by atoms with Crippen molar-refractivity contribution in [2.75, 3.05) is 0 Å². The Morgan fingerprint density at radius 1 is 1.32 bits per heavy atom. The molecule has 0 aliphatic heterocycles. The van der Waals surface area contributed by atoms with Gasteiger partial charge in [-0.25, -0.2) is 0 Å². The van der Waals surface area contributed by atoms with Crippen molar-refractivity contribution in [1.82, 2.24) is 20.6 Å². The third-order valence-corrected chi connectivity index (χ3v) is 4.07. The first-order chi connectivity index (χ1) is 10.6. The van der Waals surface area contributed by atoms with Crippen LogP contribution in [0.1, 0.15) is 56.3 Å². The molecule has 1 heterocycles. The molecule has 0 amide bonds. The van der Waals surface area contributed by atoms with Crippen molar-refractivity contribution in [3.63, 3.8) is 0 Å². The fourth-order valence-electron chi connectivity index (χ4n) is 2.88. The number of nitrogens with zero attached hydrogens (tertiary/aromatic N) is 3. The molecular formula is C16H22N4O2. The van der Waals surface area contributed by atoms with E-state index in [2.05, 4.69) is 39.7 Å². The van der Waals surface area contributed by atoms with Crippen LogP contribution in [0.3, 0.4) is 0 Å². The second kappa shape index (κ2) is 7.68. The summed E-state index contributed by atoms with van der Waals surface area (Å²) in [4.78, 5) is 11.7. The monoisotopic (exact) mass is 302 g/mol. The molecule has 0 aliphatic carbocycles. The highest BCUT2D eigenvalue weighted by atomic mass is 16.4. The van der Waals surface area contributed by atoms with E-state index in [0.29, 0.717) is 18.7 Å². The largest absolute Gasteiger partial charge is 0.481 e. The lowest BCUT2D eigenvalue weighted by Crippen LogP contribution is -2.24. The SMILES string of the molecule is CCC[C@H](C(=O)O)[C@H](C[C@@H](C)c1ccccc1)c1nn[nH]n1. The number of hydrogen-bond acceptors (Lipinski definition) is 4. The summed E-state index contributed by atoms with van der Waals surface area (Å²) in [7, 11) is 0. The number of carboxylic acid groups (broad SMARTS) is 1. The van der Waals surface area contributed by atoms with Gasteiger partial charge >= 0.3 is 5.97 Å². The van der Waals surface area contributed by atoms with Gasteiger partial charge in [-0.05, 0) is 24.3 Å². The predicted molar refractivity (Wildman–Crippen MR) is 82.4 cm³/mol. The first-order valence-corrected chi connectivity index (χ1v) is 7.64. The first-order valence-electron chi connectivity index (χ1n) is 7.64. The quantitative estimate of drug-likeness (QED) is 0.782. The number of tetrazole rings is 1. The number of aromatic nitrogens is 4. The summed E-state index contributed by atoms with van der Waals surface area (Å²) in [5.41, 5.74) is 1.19. The highest BCUT2D eigenvalue weighted by Crippen LogP contribution is 2.35. The van der Waals surface area contributed by atoms with Crippen LogP contribution >= 0.6 is 0 Å². The lowest BCUT2D eigenvalue weighted by Gasteiger charge is -2.24. The van der Waals surface area contributed by atoms with E-state index in [4.69, 9.17) is 0 Å². The second-order valence-corrected chi connectivity index (χ2v) is 5.66. The maximum atomic E-state index is 11.7. The van der Waals surface area contributed by atoms with Crippen molar-refractivity contribution < 1.29 is 9.90 Å². The lowest BCUT2D eigenvalue weighted by molar-refractivity contribution is -0.143. The highest BCUT2D eigenvalue weighted by molar-refractivity contribution is 5.71. The molecule has 2 N–H and O–H groups in total. The molecule has 118 valence electrons. The van der Waals surface area contributed by atoms with Crippen LogP contribution in [0.2, 0.25) is 0 Å². The Kier molecular flexibility index (Phi) is 5.63. The van der Waals surface area contributed by atoms with Crippen molar-refractivity contribution in [2.45, 2.75) is 44.9 Å². The number of carbonyl (C=O) groups is 1. The summed E-state index contributed by atoms with van der Waals surface area (Å²) in [5, 5.41) is 23.7. The Bertz CT molecular complexity index is 571. The smallest absolute Gasteiger partial charge is 0.307 e. The Hall–Kier alpha value is -2.24. The number of benzene rings is 1. The maximum Gasteiger partial charge on any atom is 0.307 e. The zero-order valence-corrected chi connectivity index (χ0v) is 12.9. The van der Waals surface area contributed by atoms with Crippen LogP contribution in [0.4, 0.5) is 0 Å². The van der Waals surface area contributed by atoms with E-state index in [-0.39, 0.29) is 11.8 Å². The van der Waals surface area contributed by atoms with Crippen molar-refractivity contribution in [3.8, 4) is 0 Å². The molecule has 6 heteroatoms. The Balaban J connectivity index is 2.23. The standard InChI is InChI=1S/C16H22N4O2/c1-3-7-13(16(21)22)14(15-17-19-20-18-15)10-11(2)12-8-5-4-6-9-12/h4-6,8-9,11,13-14H,3,7,10H2,1-2H3,(H,21,22)(H,17,18,19,20)/t11-,13+,14+/m1/s1. The number of hydrogen-bond donors (Lipinski definition) is 2. The van der Waals surface area contributed by atoms with Gasteiger partial charge in [0, 0.05) is 5.92 Å². The molecule has 0 saturated carbocycles. The summed E-state index contributed by atoms with van der Waals surface area (Å²) in [6, 6.07) is 10.1. The van der Waals surface area contributed by atoms with Crippen molar-refractivity contribution in [1.29, 1.82) is 0 Å². The summed E-state index contributed by atoms with van der Waals surface area (Å²) in [5.74, 6) is -0.816. The van der Waals surface area contributed by atoms with Gasteiger partial charge in [-0.15, -0.1) is 10.2 Å². The maximum absolute atomic E-state index is 11.7. The van der Waals surface area contributed by atoms with Crippen LogP contribution in [0.5, 0.6) is 0 Å². The van der Waals surface area contributed by atoms with E-state index in [1.54, 1.807) is 0 Å². The number of rotatable bonds is 8. The molecule has 1 aromatic carbocycles. The molecular weight excluding hydrogens is 280 g/mol. The normalized spacial score (nSPS) is 15.2. The van der Waals surface area contributed by atoms with E-state index in [9.17, 15) is 9.90 Å². The molecule has 0 spiro atoms. The van der Waals surface area contributed by atoms with E-state index in [1.807, 2.05) is 25.1 Å². The van der Waals surface area contributed by atoms with Gasteiger partial charge in [0.05, 0.1) is 5.92 Å². The average Bonchev–Trinajstić information content (AvgIpc) is 3.05. The molecule has 6 nitrogen and oxygen atoms in total. The molecule has 0 aliphatic rings. The Morgan fingerprint density at radius 2 is 2.05 bits per heavy atom. The van der Waals surface area contributed by atoms with E-state index in [1.165, 1.54) is 5.56 Å². The number of H-pyrrole nitrogens is 1. The van der Waals surface area contributed by atoms with Gasteiger partial charge in [0.15, 0.2) is 5.82 Å². The minimum Gasteiger partial charge on any atom is -0.481 e. The second-order valence-electron chi connectivity index (χ2n) is 5.66. The number of aromatic amines is 1. The zero-order chi connectivity index (χ0) is 15.9. The lowest BCUT2D eigenvalue weighted by atomic mass is 9.80. The van der Waals surface area contributed by atoms with Crippen LogP contribution in [0.15, 0.2) is 30.3 Å². The Labute approximate surface area is 130 Å². The summed E-state index contributed by atoms with van der Waals surface area (Å²) in [6.45, 7) is 4.09. The molecule has 0 fully saturated rings. The van der Waals surface area contributed by atoms with E-state index < -0.39 is 11.9 Å². The van der Waals surface area contributed by atoms with Gasteiger partial charge in [0.2, 0.25) is 0 Å². The number of aliphatic carboxylic acids is 1. The van der Waals surface area contributed by atoms with E-state index in [0.717, 1.165) is 6.42 Å². The molecule has 2 aromatic rings. The first kappa shape index (κ1) is 16.1. The van der Waals surface area contributed by atoms with Gasteiger partial charge in [-0.1, -0.05) is 55.8 Å². The number of carboxylic acids is 1. The van der Waals surface area contributed by atoms with Crippen molar-refractivity contribution >= 4 is 5.97 Å². The van der Waals surface area contributed by atoms with Crippen molar-refractivity contribution in [2.24, 2.45) is 5.92 Å². The topological polar surface area (TPSA) is 91.8 Å². The molecule has 3 atom stereocenters. The minimum atomic E-state index is -0.795. The summed E-state index contributed by atoms with van der Waals surface area (Å²) < 4.78 is 0. The molecule has 0 bridgehead atoms.